The SMILES string of the molecule is Cc1c(Cl)cccc1NC(=O)/C(C#N)=C/c1ccc(Cl)c([N+](=O)[O-])c1. The highest BCUT2D eigenvalue weighted by atomic mass is 35.5. The van der Waals surface area contributed by atoms with Gasteiger partial charge in [-0.05, 0) is 42.3 Å². The van der Waals surface area contributed by atoms with Crippen LogP contribution in [0.3, 0.4) is 0 Å². The van der Waals surface area contributed by atoms with E-state index in [1.54, 1.807) is 31.2 Å². The maximum atomic E-state index is 12.3. The summed E-state index contributed by atoms with van der Waals surface area (Å²) >= 11 is 11.7. The Morgan fingerprint density at radius 3 is 2.64 bits per heavy atom. The third-order valence-electron chi connectivity index (χ3n) is 3.36. The zero-order valence-corrected chi connectivity index (χ0v) is 14.4. The molecule has 1 amide bonds. The Kier molecular flexibility index (Phi) is 5.75. The Morgan fingerprint density at radius 2 is 2.00 bits per heavy atom. The minimum Gasteiger partial charge on any atom is -0.321 e. The molecule has 126 valence electrons. The number of nitro groups is 1. The molecule has 0 heterocycles. The summed E-state index contributed by atoms with van der Waals surface area (Å²) < 4.78 is 0. The molecular weight excluding hydrogens is 365 g/mol. The summed E-state index contributed by atoms with van der Waals surface area (Å²) in [6.45, 7) is 1.73. The first kappa shape index (κ1) is 18.5. The van der Waals surface area contributed by atoms with Gasteiger partial charge in [0.05, 0.1) is 4.92 Å². The number of carbonyl (C=O) groups excluding carboxylic acids is 1. The van der Waals surface area contributed by atoms with Crippen molar-refractivity contribution in [3.8, 4) is 6.07 Å². The lowest BCUT2D eigenvalue weighted by Gasteiger charge is -2.09. The second kappa shape index (κ2) is 7.79. The number of benzene rings is 2. The molecule has 0 atom stereocenters. The number of nitriles is 1. The first-order chi connectivity index (χ1) is 11.8. The van der Waals surface area contributed by atoms with Crippen molar-refractivity contribution in [1.82, 2.24) is 0 Å². The smallest absolute Gasteiger partial charge is 0.288 e. The van der Waals surface area contributed by atoms with Gasteiger partial charge in [0.1, 0.15) is 16.7 Å². The molecule has 8 heteroatoms. The zero-order valence-electron chi connectivity index (χ0n) is 12.9. The summed E-state index contributed by atoms with van der Waals surface area (Å²) in [7, 11) is 0. The van der Waals surface area contributed by atoms with Crippen molar-refractivity contribution in [2.45, 2.75) is 6.92 Å². The van der Waals surface area contributed by atoms with Crippen molar-refractivity contribution in [2.24, 2.45) is 0 Å². The summed E-state index contributed by atoms with van der Waals surface area (Å²) in [6.07, 6.45) is 1.25. The van der Waals surface area contributed by atoms with E-state index in [4.69, 9.17) is 23.2 Å². The largest absolute Gasteiger partial charge is 0.321 e. The number of nitrogens with zero attached hydrogens (tertiary/aromatic N) is 2. The average molecular weight is 376 g/mol. The van der Waals surface area contributed by atoms with E-state index in [-0.39, 0.29) is 16.3 Å². The molecule has 0 saturated heterocycles. The predicted octanol–water partition coefficient (Wildman–Crippen LogP) is 4.76. The Morgan fingerprint density at radius 1 is 1.28 bits per heavy atom. The molecule has 0 saturated carbocycles. The molecule has 0 radical (unpaired) electrons. The molecule has 0 spiro atoms. The second-order valence-electron chi connectivity index (χ2n) is 5.00. The number of nitro benzene ring substituents is 1. The molecule has 25 heavy (non-hydrogen) atoms. The molecule has 2 rings (SSSR count). The molecular formula is C17H11Cl2N3O3. The monoisotopic (exact) mass is 375 g/mol. The maximum Gasteiger partial charge on any atom is 0.288 e. The Hall–Kier alpha value is -2.88. The van der Waals surface area contributed by atoms with Crippen molar-refractivity contribution in [1.29, 1.82) is 5.26 Å². The van der Waals surface area contributed by atoms with Gasteiger partial charge >= 0.3 is 0 Å². The summed E-state index contributed by atoms with van der Waals surface area (Å²) in [5.74, 6) is -0.648. The summed E-state index contributed by atoms with van der Waals surface area (Å²) in [6, 6.07) is 10.8. The molecule has 0 aliphatic heterocycles. The van der Waals surface area contributed by atoms with Crippen LogP contribution < -0.4 is 5.32 Å². The van der Waals surface area contributed by atoms with Gasteiger partial charge in [0.25, 0.3) is 11.6 Å². The number of carbonyl (C=O) groups is 1. The molecule has 1 N–H and O–H groups in total. The van der Waals surface area contributed by atoms with E-state index in [1.165, 1.54) is 24.3 Å². The quantitative estimate of drug-likeness (QED) is 0.360. The standard InChI is InChI=1S/C17H11Cl2N3O3/c1-10-13(18)3-2-4-15(10)21-17(23)12(9-20)7-11-5-6-14(19)16(8-11)22(24)25/h2-8H,1H3,(H,21,23)/b12-7+. The van der Waals surface area contributed by atoms with Gasteiger partial charge in [-0.1, -0.05) is 35.3 Å². The van der Waals surface area contributed by atoms with Crippen LogP contribution in [-0.2, 0) is 4.79 Å². The van der Waals surface area contributed by atoms with E-state index >= 15 is 0 Å². The van der Waals surface area contributed by atoms with Crippen LogP contribution >= 0.6 is 23.2 Å². The van der Waals surface area contributed by atoms with Crippen molar-refractivity contribution in [3.63, 3.8) is 0 Å². The number of rotatable bonds is 4. The average Bonchev–Trinajstić information content (AvgIpc) is 2.57. The fourth-order valence-corrected chi connectivity index (χ4v) is 2.37. The van der Waals surface area contributed by atoms with Gasteiger partial charge in [-0.2, -0.15) is 5.26 Å². The zero-order chi connectivity index (χ0) is 18.6. The first-order valence-corrected chi connectivity index (χ1v) is 7.71. The summed E-state index contributed by atoms with van der Waals surface area (Å²) in [4.78, 5) is 22.6. The van der Waals surface area contributed by atoms with Crippen molar-refractivity contribution in [3.05, 3.63) is 73.3 Å². The minimum absolute atomic E-state index is 0.0281. The van der Waals surface area contributed by atoms with Crippen LogP contribution in [0.5, 0.6) is 0 Å². The molecule has 6 nitrogen and oxygen atoms in total. The van der Waals surface area contributed by atoms with Gasteiger partial charge in [0.15, 0.2) is 0 Å². The van der Waals surface area contributed by atoms with Crippen LogP contribution in [0.4, 0.5) is 11.4 Å². The normalized spacial score (nSPS) is 10.9. The fraction of sp³-hybridized carbons (Fsp3) is 0.0588. The highest BCUT2D eigenvalue weighted by Gasteiger charge is 2.15. The van der Waals surface area contributed by atoms with Gasteiger partial charge in [-0.25, -0.2) is 0 Å². The van der Waals surface area contributed by atoms with Crippen LogP contribution in [0.25, 0.3) is 6.08 Å². The van der Waals surface area contributed by atoms with Crippen LogP contribution in [0.15, 0.2) is 42.0 Å². The molecule has 0 aliphatic rings. The van der Waals surface area contributed by atoms with E-state index in [2.05, 4.69) is 5.32 Å². The Bertz CT molecular complexity index is 933. The fourth-order valence-electron chi connectivity index (χ4n) is 2.01. The van der Waals surface area contributed by atoms with E-state index in [0.29, 0.717) is 21.8 Å². The van der Waals surface area contributed by atoms with Crippen LogP contribution in [0.2, 0.25) is 10.0 Å². The molecule has 0 aromatic heterocycles. The van der Waals surface area contributed by atoms with Gasteiger partial charge in [0.2, 0.25) is 0 Å². The number of amides is 1. The van der Waals surface area contributed by atoms with E-state index in [0.717, 1.165) is 0 Å². The molecule has 0 unspecified atom stereocenters. The number of nitrogens with one attached hydrogen (secondary N) is 1. The lowest BCUT2D eigenvalue weighted by Crippen LogP contribution is -2.14. The van der Waals surface area contributed by atoms with Crippen molar-refractivity contribution in [2.75, 3.05) is 5.32 Å². The van der Waals surface area contributed by atoms with E-state index in [9.17, 15) is 20.2 Å². The third-order valence-corrected chi connectivity index (χ3v) is 4.09. The van der Waals surface area contributed by atoms with Crippen molar-refractivity contribution < 1.29 is 9.72 Å². The van der Waals surface area contributed by atoms with Gasteiger partial charge in [-0.15, -0.1) is 0 Å². The predicted molar refractivity (Wildman–Crippen MR) is 96.5 cm³/mol. The van der Waals surface area contributed by atoms with Crippen LogP contribution in [0.1, 0.15) is 11.1 Å². The lowest BCUT2D eigenvalue weighted by molar-refractivity contribution is -0.384. The highest BCUT2D eigenvalue weighted by Crippen LogP contribution is 2.27. The van der Waals surface area contributed by atoms with E-state index < -0.39 is 10.8 Å². The van der Waals surface area contributed by atoms with Crippen molar-refractivity contribution >= 4 is 46.6 Å². The second-order valence-corrected chi connectivity index (χ2v) is 5.82. The number of halogens is 2. The molecule has 2 aromatic rings. The molecule has 0 fully saturated rings. The highest BCUT2D eigenvalue weighted by molar-refractivity contribution is 6.32. The molecule has 2 aromatic carbocycles. The first-order valence-electron chi connectivity index (χ1n) is 6.95. The summed E-state index contributed by atoms with van der Waals surface area (Å²) in [5, 5.41) is 23.2. The number of hydrogen-bond donors (Lipinski definition) is 1. The maximum absolute atomic E-state index is 12.3. The Balaban J connectivity index is 2.33. The van der Waals surface area contributed by atoms with Gasteiger partial charge < -0.3 is 5.32 Å². The number of hydrogen-bond acceptors (Lipinski definition) is 4. The van der Waals surface area contributed by atoms with Gasteiger partial charge in [-0.3, -0.25) is 14.9 Å². The summed E-state index contributed by atoms with van der Waals surface area (Å²) in [5.41, 5.74) is 0.929. The number of anilines is 1. The lowest BCUT2D eigenvalue weighted by atomic mass is 10.1. The van der Waals surface area contributed by atoms with E-state index in [1.807, 2.05) is 0 Å². The topological polar surface area (TPSA) is 96.0 Å². The Labute approximate surface area is 153 Å². The molecule has 0 bridgehead atoms. The third kappa shape index (κ3) is 4.35. The van der Waals surface area contributed by atoms with Crippen LogP contribution in [-0.4, -0.2) is 10.8 Å². The minimum atomic E-state index is -0.648. The van der Waals surface area contributed by atoms with Gasteiger partial charge in [0, 0.05) is 16.8 Å². The van der Waals surface area contributed by atoms with Crippen LogP contribution in [0, 0.1) is 28.4 Å². The molecule has 0 aliphatic carbocycles.